The minimum atomic E-state index is -0.370. The third-order valence-corrected chi connectivity index (χ3v) is 6.60. The van der Waals surface area contributed by atoms with Crippen LogP contribution in [0, 0.1) is 19.8 Å². The second kappa shape index (κ2) is 7.83. The van der Waals surface area contributed by atoms with Gasteiger partial charge in [0.1, 0.15) is 0 Å². The Balaban J connectivity index is 1.46. The first-order valence-corrected chi connectivity index (χ1v) is 10.6. The fourth-order valence-electron chi connectivity index (χ4n) is 3.85. The van der Waals surface area contributed by atoms with E-state index in [-0.39, 0.29) is 11.8 Å². The van der Waals surface area contributed by atoms with Crippen LogP contribution < -0.4 is 10.9 Å². The van der Waals surface area contributed by atoms with Gasteiger partial charge in [0.25, 0.3) is 11.8 Å². The van der Waals surface area contributed by atoms with Crippen molar-refractivity contribution in [3.05, 3.63) is 68.7 Å². The molecule has 1 aliphatic carbocycles. The van der Waals surface area contributed by atoms with Crippen molar-refractivity contribution in [2.75, 3.05) is 0 Å². The van der Waals surface area contributed by atoms with Gasteiger partial charge in [-0.25, -0.2) is 4.68 Å². The van der Waals surface area contributed by atoms with Crippen LogP contribution in [0.5, 0.6) is 0 Å². The zero-order valence-corrected chi connectivity index (χ0v) is 17.6. The van der Waals surface area contributed by atoms with Crippen LogP contribution in [-0.4, -0.2) is 21.6 Å². The van der Waals surface area contributed by atoms with Crippen molar-refractivity contribution in [2.24, 2.45) is 5.92 Å². The molecular weight excluding hydrogens is 384 g/mol. The molecule has 0 unspecified atom stereocenters. The molecule has 0 fully saturated rings. The number of hydrogen-bond acceptors (Lipinski definition) is 4. The van der Waals surface area contributed by atoms with Gasteiger partial charge >= 0.3 is 0 Å². The third-order valence-electron chi connectivity index (χ3n) is 5.36. The highest BCUT2D eigenvalue weighted by Gasteiger charge is 2.23. The number of amides is 2. The van der Waals surface area contributed by atoms with Crippen LogP contribution in [-0.2, 0) is 12.8 Å². The summed E-state index contributed by atoms with van der Waals surface area (Å²) in [5, 5.41) is 4.48. The van der Waals surface area contributed by atoms with Gasteiger partial charge in [0.05, 0.1) is 27.5 Å². The first-order valence-electron chi connectivity index (χ1n) is 9.78. The number of hydrazine groups is 1. The number of carbonyl (C=O) groups excluding carboxylic acids is 2. The fourth-order valence-corrected chi connectivity index (χ4v) is 4.95. The lowest BCUT2D eigenvalue weighted by Gasteiger charge is -2.16. The maximum Gasteiger partial charge on any atom is 0.279 e. The fraction of sp³-hybridized carbons (Fsp3) is 0.318. The lowest BCUT2D eigenvalue weighted by Crippen LogP contribution is -2.41. The molecule has 2 N–H and O–H groups in total. The molecule has 2 heterocycles. The Bertz CT molecular complexity index is 1070. The molecule has 2 aromatic heterocycles. The lowest BCUT2D eigenvalue weighted by atomic mass is 9.90. The Kier molecular flexibility index (Phi) is 5.24. The Labute approximate surface area is 173 Å². The second-order valence-corrected chi connectivity index (χ2v) is 8.75. The van der Waals surface area contributed by atoms with Gasteiger partial charge in [-0.05, 0) is 62.8 Å². The molecule has 6 nitrogen and oxygen atoms in total. The number of thiophene rings is 1. The number of aryl methyl sites for hydroxylation is 2. The predicted octanol–water partition coefficient (Wildman–Crippen LogP) is 3.75. The quantitative estimate of drug-likeness (QED) is 0.648. The zero-order valence-electron chi connectivity index (χ0n) is 16.8. The number of benzene rings is 1. The van der Waals surface area contributed by atoms with Crippen molar-refractivity contribution in [2.45, 2.75) is 40.0 Å². The van der Waals surface area contributed by atoms with E-state index in [4.69, 9.17) is 0 Å². The summed E-state index contributed by atoms with van der Waals surface area (Å²) in [6.07, 6.45) is 3.20. The number of hydrogen-bond donors (Lipinski definition) is 2. The molecule has 150 valence electrons. The van der Waals surface area contributed by atoms with Gasteiger partial charge in [-0.1, -0.05) is 25.1 Å². The summed E-state index contributed by atoms with van der Waals surface area (Å²) in [4.78, 5) is 27.2. The zero-order chi connectivity index (χ0) is 20.5. The van der Waals surface area contributed by atoms with Crippen molar-refractivity contribution in [3.63, 3.8) is 0 Å². The van der Waals surface area contributed by atoms with Gasteiger partial charge < -0.3 is 0 Å². The maximum atomic E-state index is 12.7. The Morgan fingerprint density at radius 3 is 2.62 bits per heavy atom. The first kappa shape index (κ1) is 19.4. The number of nitrogens with zero attached hydrogens (tertiary/aromatic N) is 2. The normalized spacial score (nSPS) is 15.6. The lowest BCUT2D eigenvalue weighted by molar-refractivity contribution is 0.0848. The van der Waals surface area contributed by atoms with Crippen LogP contribution >= 0.6 is 11.3 Å². The predicted molar refractivity (Wildman–Crippen MR) is 113 cm³/mol. The molecule has 0 spiro atoms. The van der Waals surface area contributed by atoms with Gasteiger partial charge in [0, 0.05) is 4.88 Å². The summed E-state index contributed by atoms with van der Waals surface area (Å²) < 4.78 is 1.74. The molecule has 1 aromatic carbocycles. The summed E-state index contributed by atoms with van der Waals surface area (Å²) in [6, 6.07) is 11.6. The van der Waals surface area contributed by atoms with Crippen molar-refractivity contribution < 1.29 is 9.59 Å². The molecular formula is C22H24N4O2S. The van der Waals surface area contributed by atoms with E-state index in [1.165, 1.54) is 21.8 Å². The Morgan fingerprint density at radius 2 is 1.86 bits per heavy atom. The minimum absolute atomic E-state index is 0.281. The van der Waals surface area contributed by atoms with Crippen LogP contribution in [0.3, 0.4) is 0 Å². The molecule has 7 heteroatoms. The smallest absolute Gasteiger partial charge is 0.267 e. The number of aromatic nitrogens is 2. The third kappa shape index (κ3) is 3.82. The minimum Gasteiger partial charge on any atom is -0.267 e. The van der Waals surface area contributed by atoms with Gasteiger partial charge in [-0.2, -0.15) is 5.10 Å². The van der Waals surface area contributed by atoms with E-state index in [1.807, 2.05) is 43.3 Å². The van der Waals surface area contributed by atoms with E-state index >= 15 is 0 Å². The van der Waals surface area contributed by atoms with Crippen LogP contribution in [0.15, 0.2) is 36.4 Å². The summed E-state index contributed by atoms with van der Waals surface area (Å²) in [6.45, 7) is 5.87. The first-order chi connectivity index (χ1) is 13.9. The summed E-state index contributed by atoms with van der Waals surface area (Å²) >= 11 is 1.52. The van der Waals surface area contributed by atoms with E-state index in [1.54, 1.807) is 11.6 Å². The number of carbonyl (C=O) groups is 2. The number of para-hydroxylation sites is 1. The van der Waals surface area contributed by atoms with Crippen molar-refractivity contribution in [1.29, 1.82) is 0 Å². The van der Waals surface area contributed by atoms with E-state index < -0.39 is 0 Å². The Hall–Kier alpha value is -2.93. The molecule has 0 bridgehead atoms. The molecule has 0 saturated carbocycles. The second-order valence-electron chi connectivity index (χ2n) is 7.61. The SMILES string of the molecule is Cc1nn(-c2ccccc2)c(C)c1C(=O)NNC(=O)c1cc2c(s1)CC[C@H](C)C2. The average Bonchev–Trinajstić information content (AvgIpc) is 3.26. The highest BCUT2D eigenvalue weighted by atomic mass is 32.1. The van der Waals surface area contributed by atoms with Gasteiger partial charge in [0.2, 0.25) is 0 Å². The number of fused-ring (bicyclic) bond motifs is 1. The van der Waals surface area contributed by atoms with Crippen LogP contribution in [0.4, 0.5) is 0 Å². The average molecular weight is 409 g/mol. The van der Waals surface area contributed by atoms with Crippen molar-refractivity contribution >= 4 is 23.2 Å². The van der Waals surface area contributed by atoms with E-state index in [0.717, 1.165) is 30.6 Å². The van der Waals surface area contributed by atoms with E-state index in [0.29, 0.717) is 22.1 Å². The van der Waals surface area contributed by atoms with Crippen LogP contribution in [0.1, 0.15) is 55.2 Å². The molecule has 29 heavy (non-hydrogen) atoms. The standard InChI is InChI=1S/C22H24N4O2S/c1-13-9-10-18-16(11-13)12-19(29-18)21(27)23-24-22(28)20-14(2)25-26(15(20)3)17-7-5-4-6-8-17/h4-8,12-13H,9-11H2,1-3H3,(H,23,27)(H,24,28)/t13-/m0/s1. The molecule has 4 rings (SSSR count). The maximum absolute atomic E-state index is 12.7. The highest BCUT2D eigenvalue weighted by molar-refractivity contribution is 7.14. The van der Waals surface area contributed by atoms with Gasteiger partial charge in [-0.15, -0.1) is 11.3 Å². The van der Waals surface area contributed by atoms with Gasteiger partial charge in [0.15, 0.2) is 0 Å². The highest BCUT2D eigenvalue weighted by Crippen LogP contribution is 2.32. The van der Waals surface area contributed by atoms with Crippen molar-refractivity contribution in [3.8, 4) is 5.69 Å². The summed E-state index contributed by atoms with van der Waals surface area (Å²) in [7, 11) is 0. The largest absolute Gasteiger partial charge is 0.279 e. The van der Waals surface area contributed by atoms with Crippen molar-refractivity contribution in [1.82, 2.24) is 20.6 Å². The van der Waals surface area contributed by atoms with E-state index in [2.05, 4.69) is 22.9 Å². The monoisotopic (exact) mass is 408 g/mol. The molecule has 0 aliphatic heterocycles. The number of rotatable bonds is 3. The molecule has 0 radical (unpaired) electrons. The van der Waals surface area contributed by atoms with Gasteiger partial charge in [-0.3, -0.25) is 20.4 Å². The van der Waals surface area contributed by atoms with E-state index in [9.17, 15) is 9.59 Å². The van der Waals surface area contributed by atoms with Crippen LogP contribution in [0.2, 0.25) is 0 Å². The summed E-state index contributed by atoms with van der Waals surface area (Å²) in [5.41, 5.74) is 9.05. The Morgan fingerprint density at radius 1 is 1.14 bits per heavy atom. The van der Waals surface area contributed by atoms with Crippen LogP contribution in [0.25, 0.3) is 5.69 Å². The molecule has 1 atom stereocenters. The molecule has 0 saturated heterocycles. The molecule has 3 aromatic rings. The molecule has 2 amide bonds. The number of nitrogens with one attached hydrogen (secondary N) is 2. The topological polar surface area (TPSA) is 76.0 Å². The molecule has 1 aliphatic rings. The summed E-state index contributed by atoms with van der Waals surface area (Å²) in [5.74, 6) is 0.00134.